The van der Waals surface area contributed by atoms with Crippen LogP contribution in [0.4, 0.5) is 8.78 Å². The lowest BCUT2D eigenvalue weighted by atomic mass is 10.0. The van der Waals surface area contributed by atoms with E-state index in [9.17, 15) is 13.6 Å². The Morgan fingerprint density at radius 2 is 1.81 bits per heavy atom. The smallest absolute Gasteiger partial charge is 0.274 e. The van der Waals surface area contributed by atoms with Gasteiger partial charge in [0.25, 0.3) is 11.8 Å². The summed E-state index contributed by atoms with van der Waals surface area (Å²) in [7, 11) is 0. The van der Waals surface area contributed by atoms with Gasteiger partial charge >= 0.3 is 0 Å². The average Bonchev–Trinajstić information content (AvgIpc) is 3.19. The van der Waals surface area contributed by atoms with E-state index < -0.39 is 25.1 Å². The summed E-state index contributed by atoms with van der Waals surface area (Å²) in [4.78, 5) is 18.6. The molecule has 166 valence electrons. The van der Waals surface area contributed by atoms with E-state index >= 15 is 0 Å². The van der Waals surface area contributed by atoms with Gasteiger partial charge in [-0.2, -0.15) is 0 Å². The molecule has 1 atom stereocenters. The Bertz CT molecular complexity index is 1110. The number of fused-ring (bicyclic) bond motifs is 1. The molecule has 1 unspecified atom stereocenters. The van der Waals surface area contributed by atoms with Gasteiger partial charge in [0.1, 0.15) is 24.6 Å². The first kappa shape index (κ1) is 20.8. The highest BCUT2D eigenvalue weighted by molar-refractivity contribution is 5.83. The zero-order valence-corrected chi connectivity index (χ0v) is 17.5. The summed E-state index contributed by atoms with van der Waals surface area (Å²) < 4.78 is 37.7. The summed E-state index contributed by atoms with van der Waals surface area (Å²) in [5.74, 6) is -2.48. The molecule has 3 aromatic rings. The second-order valence-corrected chi connectivity index (χ2v) is 8.44. The highest BCUT2D eigenvalue weighted by Gasteiger charge is 2.45. The van der Waals surface area contributed by atoms with Crippen molar-refractivity contribution >= 4 is 16.8 Å². The Morgan fingerprint density at radius 1 is 1.06 bits per heavy atom. The molecule has 0 spiro atoms. The Labute approximate surface area is 185 Å². The van der Waals surface area contributed by atoms with Crippen LogP contribution in [0, 0.1) is 0 Å². The molecule has 0 aliphatic carbocycles. The maximum absolute atomic E-state index is 13.3. The van der Waals surface area contributed by atoms with Crippen LogP contribution < -0.4 is 4.74 Å². The molecule has 3 heterocycles. The Kier molecular flexibility index (Phi) is 5.51. The molecule has 2 fully saturated rings. The first-order chi connectivity index (χ1) is 15.5. The molecule has 0 bridgehead atoms. The minimum Gasteiger partial charge on any atom is -0.490 e. The number of likely N-dealkylation sites (tertiary alicyclic amines) is 1. The highest BCUT2D eigenvalue weighted by Crippen LogP contribution is 2.31. The second kappa shape index (κ2) is 8.47. The van der Waals surface area contributed by atoms with Gasteiger partial charge in [0.05, 0.1) is 5.52 Å². The van der Waals surface area contributed by atoms with Crippen LogP contribution in [-0.2, 0) is 9.53 Å². The molecule has 1 amide bonds. The fraction of sp³-hybridized carbons (Fsp3) is 0.360. The predicted octanol–water partition coefficient (Wildman–Crippen LogP) is 4.70. The number of carbonyl (C=O) groups excluding carboxylic acids is 1. The molecular formula is C25H24F2N2O3. The molecule has 2 aromatic carbocycles. The minimum atomic E-state index is -2.91. The lowest BCUT2D eigenvalue weighted by Gasteiger charge is -2.33. The fourth-order valence-corrected chi connectivity index (χ4v) is 4.32. The van der Waals surface area contributed by atoms with Gasteiger partial charge in [-0.15, -0.1) is 0 Å². The lowest BCUT2D eigenvalue weighted by Crippen LogP contribution is -2.46. The number of rotatable bonds is 4. The predicted molar refractivity (Wildman–Crippen MR) is 117 cm³/mol. The van der Waals surface area contributed by atoms with Crippen molar-refractivity contribution in [1.29, 1.82) is 0 Å². The normalized spacial score (nSPS) is 21.1. The van der Waals surface area contributed by atoms with Crippen LogP contribution in [0.3, 0.4) is 0 Å². The van der Waals surface area contributed by atoms with Gasteiger partial charge in [0.15, 0.2) is 0 Å². The molecule has 5 rings (SSSR count). The Hall–Kier alpha value is -3.06. The zero-order chi connectivity index (χ0) is 22.1. The summed E-state index contributed by atoms with van der Waals surface area (Å²) in [5, 5.41) is 1.10. The van der Waals surface area contributed by atoms with Crippen molar-refractivity contribution in [2.75, 3.05) is 19.7 Å². The summed E-state index contributed by atoms with van der Waals surface area (Å²) in [5.41, 5.74) is 3.07. The van der Waals surface area contributed by atoms with Gasteiger partial charge in [-0.05, 0) is 29.8 Å². The van der Waals surface area contributed by atoms with Gasteiger partial charge in [0.2, 0.25) is 0 Å². The number of alkyl halides is 2. The molecule has 0 saturated carbocycles. The summed E-state index contributed by atoms with van der Waals surface area (Å²) in [6.45, 7) is 0.291. The van der Waals surface area contributed by atoms with E-state index in [-0.39, 0.29) is 12.0 Å². The van der Waals surface area contributed by atoms with Crippen LogP contribution in [0.2, 0.25) is 0 Å². The molecular weight excluding hydrogens is 414 g/mol. The van der Waals surface area contributed by atoms with Crippen LogP contribution in [0.15, 0.2) is 60.8 Å². The monoisotopic (exact) mass is 438 g/mol. The fourth-order valence-electron chi connectivity index (χ4n) is 4.32. The third kappa shape index (κ3) is 4.43. The number of hydrogen-bond acceptors (Lipinski definition) is 4. The van der Waals surface area contributed by atoms with Crippen molar-refractivity contribution in [3.8, 4) is 16.9 Å². The van der Waals surface area contributed by atoms with Gasteiger partial charge < -0.3 is 14.4 Å². The maximum Gasteiger partial charge on any atom is 0.274 e. The van der Waals surface area contributed by atoms with Crippen molar-refractivity contribution in [3.63, 3.8) is 0 Å². The number of nitrogens with zero attached hydrogens (tertiary/aromatic N) is 2. The van der Waals surface area contributed by atoms with E-state index in [2.05, 4.69) is 11.1 Å². The minimum absolute atomic E-state index is 0.0156. The number of halogens is 2. The number of piperidine rings is 1. The molecule has 32 heavy (non-hydrogen) atoms. The van der Waals surface area contributed by atoms with Crippen molar-refractivity contribution in [3.05, 3.63) is 60.8 Å². The molecule has 0 N–H and O–H groups in total. The quantitative estimate of drug-likeness (QED) is 0.593. The van der Waals surface area contributed by atoms with Crippen LogP contribution in [0.5, 0.6) is 5.75 Å². The Morgan fingerprint density at radius 3 is 2.53 bits per heavy atom. The number of hydrogen-bond donors (Lipinski definition) is 0. The molecule has 2 aliphatic rings. The standard InChI is InChI=1S/C25H24F2N2O3/c26-25(27)14-23(31-16-25)24(30)29-11-9-21(10-12-29)32-20-7-5-17(6-8-20)19-13-18-3-1-2-4-22(18)28-15-19/h1-8,13,15,21,23H,9-12,14,16H2. The third-order valence-electron chi connectivity index (χ3n) is 6.09. The molecule has 7 heteroatoms. The number of amides is 1. The second-order valence-electron chi connectivity index (χ2n) is 8.44. The van der Waals surface area contributed by atoms with E-state index in [0.717, 1.165) is 27.8 Å². The van der Waals surface area contributed by atoms with Gasteiger partial charge in [0, 0.05) is 49.5 Å². The van der Waals surface area contributed by atoms with Crippen LogP contribution in [0.25, 0.3) is 22.0 Å². The largest absolute Gasteiger partial charge is 0.490 e. The maximum atomic E-state index is 13.3. The van der Waals surface area contributed by atoms with Gasteiger partial charge in [-0.1, -0.05) is 30.3 Å². The number of carbonyl (C=O) groups is 1. The molecule has 5 nitrogen and oxygen atoms in total. The van der Waals surface area contributed by atoms with Crippen LogP contribution in [-0.4, -0.2) is 53.6 Å². The van der Waals surface area contributed by atoms with Crippen molar-refractivity contribution < 1.29 is 23.0 Å². The van der Waals surface area contributed by atoms with Gasteiger partial charge in [-0.25, -0.2) is 8.78 Å². The molecule has 1 aromatic heterocycles. The highest BCUT2D eigenvalue weighted by atomic mass is 19.3. The number of ether oxygens (including phenoxy) is 2. The van der Waals surface area contributed by atoms with E-state index in [1.165, 1.54) is 0 Å². The SMILES string of the molecule is O=C(C1CC(F)(F)CO1)N1CCC(Oc2ccc(-c3cnc4ccccc4c3)cc2)CC1. The molecule has 2 aliphatic heterocycles. The van der Waals surface area contributed by atoms with E-state index in [4.69, 9.17) is 9.47 Å². The van der Waals surface area contributed by atoms with Crippen LogP contribution in [0.1, 0.15) is 19.3 Å². The Balaban J connectivity index is 1.16. The van der Waals surface area contributed by atoms with E-state index in [1.807, 2.05) is 54.7 Å². The van der Waals surface area contributed by atoms with Crippen molar-refractivity contribution in [2.24, 2.45) is 0 Å². The van der Waals surface area contributed by atoms with Crippen LogP contribution >= 0.6 is 0 Å². The number of pyridine rings is 1. The van der Waals surface area contributed by atoms with E-state index in [1.54, 1.807) is 4.90 Å². The number of para-hydroxylation sites is 1. The van der Waals surface area contributed by atoms with Crippen molar-refractivity contribution in [2.45, 2.75) is 37.4 Å². The third-order valence-corrected chi connectivity index (χ3v) is 6.09. The average molecular weight is 438 g/mol. The first-order valence-corrected chi connectivity index (χ1v) is 10.9. The summed E-state index contributed by atoms with van der Waals surface area (Å²) >= 11 is 0. The van der Waals surface area contributed by atoms with E-state index in [0.29, 0.717) is 25.9 Å². The summed E-state index contributed by atoms with van der Waals surface area (Å²) in [6.07, 6.45) is 1.62. The number of benzene rings is 2. The number of aromatic nitrogens is 1. The lowest BCUT2D eigenvalue weighted by molar-refractivity contribution is -0.142. The van der Waals surface area contributed by atoms with Crippen molar-refractivity contribution in [1.82, 2.24) is 9.88 Å². The van der Waals surface area contributed by atoms with Gasteiger partial charge in [-0.3, -0.25) is 9.78 Å². The summed E-state index contributed by atoms with van der Waals surface area (Å²) in [6, 6.07) is 18.0. The molecule has 0 radical (unpaired) electrons. The first-order valence-electron chi connectivity index (χ1n) is 10.9. The molecule has 2 saturated heterocycles. The zero-order valence-electron chi connectivity index (χ0n) is 17.5. The topological polar surface area (TPSA) is 51.7 Å².